The fourth-order valence-electron chi connectivity index (χ4n) is 4.30. The fraction of sp³-hybridized carbons (Fsp3) is 0.552. The molecule has 0 aliphatic rings. The zero-order chi connectivity index (χ0) is 22.9. The Labute approximate surface area is 193 Å². The molecule has 0 saturated carbocycles. The largest absolute Gasteiger partial charge is 0.289 e. The summed E-state index contributed by atoms with van der Waals surface area (Å²) in [6.45, 7) is -0.422. The molecule has 0 aliphatic carbocycles. The molecular formula is C29H40F2O. The van der Waals surface area contributed by atoms with E-state index in [0.717, 1.165) is 99.3 Å². The molecule has 1 nitrogen and oxygen atoms in total. The zero-order valence-corrected chi connectivity index (χ0v) is 19.6. The average Bonchev–Trinajstić information content (AvgIpc) is 2.83. The number of hydrogen-bond acceptors (Lipinski definition) is 1. The molecule has 0 saturated heterocycles. The molecule has 0 spiro atoms. The van der Waals surface area contributed by atoms with Crippen LogP contribution in [0.15, 0.2) is 48.5 Å². The second-order valence-electron chi connectivity index (χ2n) is 8.76. The van der Waals surface area contributed by atoms with Gasteiger partial charge in [-0.05, 0) is 49.7 Å². The normalized spacial score (nSPS) is 11.1. The first kappa shape index (κ1) is 26.2. The highest BCUT2D eigenvalue weighted by atomic mass is 19.1. The molecule has 0 bridgehead atoms. The highest BCUT2D eigenvalue weighted by molar-refractivity contribution is 6.10. The topological polar surface area (TPSA) is 17.1 Å². The second kappa shape index (κ2) is 16.6. The van der Waals surface area contributed by atoms with Crippen LogP contribution in [-0.2, 0) is 12.8 Å². The van der Waals surface area contributed by atoms with E-state index in [4.69, 9.17) is 0 Å². The van der Waals surface area contributed by atoms with Gasteiger partial charge in [0.2, 0.25) is 0 Å². The molecule has 0 aliphatic heterocycles. The molecule has 0 N–H and O–H groups in total. The zero-order valence-electron chi connectivity index (χ0n) is 19.6. The number of rotatable bonds is 18. The van der Waals surface area contributed by atoms with E-state index in [1.54, 1.807) is 0 Å². The Morgan fingerprint density at radius 2 is 0.844 bits per heavy atom. The van der Waals surface area contributed by atoms with Crippen molar-refractivity contribution in [1.82, 2.24) is 0 Å². The van der Waals surface area contributed by atoms with Crippen molar-refractivity contribution < 1.29 is 13.6 Å². The number of halogens is 2. The van der Waals surface area contributed by atoms with E-state index >= 15 is 0 Å². The van der Waals surface area contributed by atoms with Gasteiger partial charge in [0.1, 0.15) is 0 Å². The molecule has 2 rings (SSSR count). The number of hydrogen-bond donors (Lipinski definition) is 0. The van der Waals surface area contributed by atoms with Gasteiger partial charge in [0, 0.05) is 11.1 Å². The van der Waals surface area contributed by atoms with Crippen LogP contribution in [0.3, 0.4) is 0 Å². The van der Waals surface area contributed by atoms with Crippen LogP contribution in [0.25, 0.3) is 0 Å². The SMILES string of the molecule is O=C(c1ccccc1CCCCCCCCF)c1ccccc1CCCCCCCCF. The van der Waals surface area contributed by atoms with Crippen molar-refractivity contribution >= 4 is 5.78 Å². The summed E-state index contributed by atoms with van der Waals surface area (Å²) >= 11 is 0. The Hall–Kier alpha value is -2.03. The van der Waals surface area contributed by atoms with Crippen molar-refractivity contribution in [3.8, 4) is 0 Å². The molecule has 0 atom stereocenters. The monoisotopic (exact) mass is 442 g/mol. The van der Waals surface area contributed by atoms with Gasteiger partial charge in [-0.15, -0.1) is 0 Å². The second-order valence-corrected chi connectivity index (χ2v) is 8.76. The quantitative estimate of drug-likeness (QED) is 0.167. The van der Waals surface area contributed by atoms with Gasteiger partial charge in [-0.1, -0.05) is 99.9 Å². The van der Waals surface area contributed by atoms with Gasteiger partial charge in [-0.2, -0.15) is 0 Å². The van der Waals surface area contributed by atoms with E-state index in [1.165, 1.54) is 0 Å². The number of carbonyl (C=O) groups is 1. The van der Waals surface area contributed by atoms with E-state index < -0.39 is 0 Å². The van der Waals surface area contributed by atoms with Crippen molar-refractivity contribution in [1.29, 1.82) is 0 Å². The van der Waals surface area contributed by atoms with Crippen LogP contribution in [-0.4, -0.2) is 19.1 Å². The van der Waals surface area contributed by atoms with Gasteiger partial charge in [-0.3, -0.25) is 13.6 Å². The summed E-state index contributed by atoms with van der Waals surface area (Å²) in [5.74, 6) is 0.127. The Morgan fingerprint density at radius 3 is 1.25 bits per heavy atom. The Kier molecular flexibility index (Phi) is 13.6. The minimum absolute atomic E-state index is 0.127. The van der Waals surface area contributed by atoms with Gasteiger partial charge in [0.15, 0.2) is 5.78 Å². The highest BCUT2D eigenvalue weighted by Gasteiger charge is 2.16. The third-order valence-corrected chi connectivity index (χ3v) is 6.18. The van der Waals surface area contributed by atoms with Crippen molar-refractivity contribution in [2.24, 2.45) is 0 Å². The standard InChI is InChI=1S/C29H40F2O/c30-23-15-7-3-1-5-9-17-25-19-11-13-21-27(25)29(32)28-22-14-12-20-26(28)18-10-6-2-4-8-16-24-31/h11-14,19-22H,1-10,15-18,23-24H2. The van der Waals surface area contributed by atoms with Crippen LogP contribution in [0.1, 0.15) is 104 Å². The van der Waals surface area contributed by atoms with Crippen molar-refractivity contribution in [3.63, 3.8) is 0 Å². The fourth-order valence-corrected chi connectivity index (χ4v) is 4.30. The number of benzene rings is 2. The lowest BCUT2D eigenvalue weighted by Gasteiger charge is -2.12. The summed E-state index contributed by atoms with van der Waals surface area (Å²) in [6.07, 6.45) is 13.9. The lowest BCUT2D eigenvalue weighted by molar-refractivity contribution is 0.103. The number of alkyl halides is 2. The van der Waals surface area contributed by atoms with Crippen LogP contribution >= 0.6 is 0 Å². The van der Waals surface area contributed by atoms with Crippen LogP contribution in [0.4, 0.5) is 8.78 Å². The van der Waals surface area contributed by atoms with E-state index in [0.29, 0.717) is 12.8 Å². The minimum atomic E-state index is -0.211. The molecule has 0 unspecified atom stereocenters. The maximum absolute atomic E-state index is 13.4. The number of ketones is 1. The Balaban J connectivity index is 1.91. The molecule has 3 heteroatoms. The smallest absolute Gasteiger partial charge is 0.193 e. The summed E-state index contributed by atoms with van der Waals surface area (Å²) < 4.78 is 24.4. The first-order chi connectivity index (χ1) is 15.8. The van der Waals surface area contributed by atoms with Gasteiger partial charge >= 0.3 is 0 Å². The third-order valence-electron chi connectivity index (χ3n) is 6.18. The minimum Gasteiger partial charge on any atom is -0.289 e. The van der Waals surface area contributed by atoms with E-state index in [1.807, 2.05) is 36.4 Å². The number of carbonyl (C=O) groups excluding carboxylic acids is 1. The molecule has 0 heterocycles. The highest BCUT2D eigenvalue weighted by Crippen LogP contribution is 2.21. The predicted octanol–water partition coefficient (Wildman–Crippen LogP) is 8.62. The lowest BCUT2D eigenvalue weighted by Crippen LogP contribution is -2.09. The van der Waals surface area contributed by atoms with E-state index in [-0.39, 0.29) is 19.1 Å². The van der Waals surface area contributed by atoms with Gasteiger partial charge in [0.25, 0.3) is 0 Å². The molecule has 0 aromatic heterocycles. The molecule has 0 radical (unpaired) electrons. The third kappa shape index (κ3) is 9.63. The van der Waals surface area contributed by atoms with E-state index in [9.17, 15) is 13.6 Å². The van der Waals surface area contributed by atoms with Crippen molar-refractivity contribution in [3.05, 3.63) is 70.8 Å². The Morgan fingerprint density at radius 1 is 0.500 bits per heavy atom. The molecular weight excluding hydrogens is 402 g/mol. The molecule has 32 heavy (non-hydrogen) atoms. The Bertz CT molecular complexity index is 708. The number of aryl methyl sites for hydroxylation is 2. The summed E-state index contributed by atoms with van der Waals surface area (Å²) in [5, 5.41) is 0. The summed E-state index contributed by atoms with van der Waals surface area (Å²) in [4.78, 5) is 13.4. The summed E-state index contributed by atoms with van der Waals surface area (Å²) in [5.41, 5.74) is 3.90. The number of unbranched alkanes of at least 4 members (excludes halogenated alkanes) is 10. The molecule has 0 amide bonds. The average molecular weight is 443 g/mol. The predicted molar refractivity (Wildman–Crippen MR) is 131 cm³/mol. The first-order valence-corrected chi connectivity index (χ1v) is 12.6. The summed E-state index contributed by atoms with van der Waals surface area (Å²) in [6, 6.07) is 16.0. The molecule has 0 fully saturated rings. The maximum Gasteiger partial charge on any atom is 0.193 e. The van der Waals surface area contributed by atoms with Crippen LogP contribution < -0.4 is 0 Å². The van der Waals surface area contributed by atoms with Gasteiger partial charge in [-0.25, -0.2) is 0 Å². The molecule has 176 valence electrons. The van der Waals surface area contributed by atoms with Crippen molar-refractivity contribution in [2.45, 2.75) is 89.9 Å². The lowest BCUT2D eigenvalue weighted by atomic mass is 9.91. The first-order valence-electron chi connectivity index (χ1n) is 12.6. The van der Waals surface area contributed by atoms with Crippen LogP contribution in [0, 0.1) is 0 Å². The summed E-state index contributed by atoms with van der Waals surface area (Å²) in [7, 11) is 0. The van der Waals surface area contributed by atoms with Crippen LogP contribution in [0.5, 0.6) is 0 Å². The van der Waals surface area contributed by atoms with Crippen LogP contribution in [0.2, 0.25) is 0 Å². The maximum atomic E-state index is 13.4. The molecule has 2 aromatic carbocycles. The van der Waals surface area contributed by atoms with Gasteiger partial charge in [0.05, 0.1) is 13.3 Å². The molecule has 2 aromatic rings. The van der Waals surface area contributed by atoms with Crippen molar-refractivity contribution in [2.75, 3.05) is 13.3 Å². The van der Waals surface area contributed by atoms with E-state index in [2.05, 4.69) is 12.1 Å². The van der Waals surface area contributed by atoms with Gasteiger partial charge < -0.3 is 0 Å².